The van der Waals surface area contributed by atoms with Crippen LogP contribution in [0.4, 0.5) is 0 Å². The van der Waals surface area contributed by atoms with E-state index in [0.717, 1.165) is 19.6 Å². The Bertz CT molecular complexity index is 362. The van der Waals surface area contributed by atoms with Gasteiger partial charge in [0.2, 0.25) is 0 Å². The molecule has 0 aliphatic carbocycles. The van der Waals surface area contributed by atoms with Crippen LogP contribution in [-0.4, -0.2) is 27.4 Å². The van der Waals surface area contributed by atoms with Crippen LogP contribution < -0.4 is 0 Å². The second-order valence-corrected chi connectivity index (χ2v) is 5.40. The summed E-state index contributed by atoms with van der Waals surface area (Å²) in [7, 11) is 3.52. The maximum Gasteiger partial charge on any atom is 0.0546 e. The maximum atomic E-state index is 5.41. The highest BCUT2D eigenvalue weighted by Crippen LogP contribution is 2.33. The van der Waals surface area contributed by atoms with E-state index < -0.39 is 0 Å². The normalized spacial score (nSPS) is 12.5. The molecule has 0 aliphatic heterocycles. The van der Waals surface area contributed by atoms with E-state index in [4.69, 9.17) is 9.47 Å². The van der Waals surface area contributed by atoms with Gasteiger partial charge in [-0.25, -0.2) is 0 Å². The topological polar surface area (TPSA) is 18.5 Å². The van der Waals surface area contributed by atoms with Crippen molar-refractivity contribution >= 4 is 6.08 Å². The van der Waals surface area contributed by atoms with Crippen molar-refractivity contribution in [1.82, 2.24) is 0 Å². The van der Waals surface area contributed by atoms with E-state index in [9.17, 15) is 0 Å². The fourth-order valence-corrected chi connectivity index (χ4v) is 2.30. The summed E-state index contributed by atoms with van der Waals surface area (Å²) in [6.45, 7) is 5.90. The van der Waals surface area contributed by atoms with Crippen LogP contribution in [0.25, 0.3) is 6.08 Å². The van der Waals surface area contributed by atoms with Crippen molar-refractivity contribution in [2.24, 2.45) is 11.3 Å². The molecule has 0 radical (unpaired) electrons. The molecule has 106 valence electrons. The molecule has 0 aromatic heterocycles. The number of hydrogen-bond acceptors (Lipinski definition) is 2. The molecule has 0 atom stereocenters. The molecule has 0 heterocycles. The molecule has 0 spiro atoms. The lowest BCUT2D eigenvalue weighted by Gasteiger charge is -2.35. The molecule has 1 aromatic carbocycles. The van der Waals surface area contributed by atoms with Crippen molar-refractivity contribution in [1.29, 1.82) is 0 Å². The van der Waals surface area contributed by atoms with Gasteiger partial charge in [0.25, 0.3) is 0 Å². The number of methoxy groups -OCH3 is 2. The lowest BCUT2D eigenvalue weighted by molar-refractivity contribution is -0.0183. The Morgan fingerprint density at radius 1 is 1.05 bits per heavy atom. The largest absolute Gasteiger partial charge is 0.384 e. The lowest BCUT2D eigenvalue weighted by atomic mass is 9.75. The van der Waals surface area contributed by atoms with Crippen molar-refractivity contribution < 1.29 is 9.47 Å². The summed E-state index contributed by atoms with van der Waals surface area (Å²) in [5.74, 6) is 0.507. The van der Waals surface area contributed by atoms with Crippen LogP contribution in [0.2, 0.25) is 0 Å². The Kier molecular flexibility index (Phi) is 6.82. The van der Waals surface area contributed by atoms with E-state index in [-0.39, 0.29) is 5.41 Å². The number of ether oxygens (including phenoxy) is 2. The molecular weight excluding hydrogens is 236 g/mol. The first-order chi connectivity index (χ1) is 9.14. The van der Waals surface area contributed by atoms with Gasteiger partial charge in [-0.2, -0.15) is 0 Å². The molecule has 2 heteroatoms. The summed E-state index contributed by atoms with van der Waals surface area (Å²) in [6, 6.07) is 10.4. The van der Waals surface area contributed by atoms with Crippen LogP contribution in [0, 0.1) is 11.3 Å². The van der Waals surface area contributed by atoms with Gasteiger partial charge in [-0.05, 0) is 17.9 Å². The summed E-state index contributed by atoms with van der Waals surface area (Å²) < 4.78 is 10.8. The van der Waals surface area contributed by atoms with Crippen molar-refractivity contribution in [3.05, 3.63) is 42.0 Å². The fraction of sp³-hybridized carbons (Fsp3) is 0.529. The quantitative estimate of drug-likeness (QED) is 0.704. The SMILES string of the molecule is COCC(C/C=C/c1ccccc1)(COC)C(C)C. The minimum absolute atomic E-state index is 0.0504. The van der Waals surface area contributed by atoms with Gasteiger partial charge in [0, 0.05) is 19.6 Å². The van der Waals surface area contributed by atoms with Gasteiger partial charge in [-0.1, -0.05) is 56.3 Å². The highest BCUT2D eigenvalue weighted by atomic mass is 16.5. The van der Waals surface area contributed by atoms with E-state index >= 15 is 0 Å². The van der Waals surface area contributed by atoms with Crippen LogP contribution in [0.1, 0.15) is 25.8 Å². The average molecular weight is 262 g/mol. The molecule has 1 aromatic rings. The van der Waals surface area contributed by atoms with Gasteiger partial charge < -0.3 is 9.47 Å². The number of rotatable bonds is 8. The highest BCUT2D eigenvalue weighted by molar-refractivity contribution is 5.48. The van der Waals surface area contributed by atoms with E-state index in [1.54, 1.807) is 14.2 Å². The second kappa shape index (κ2) is 8.13. The first-order valence-electron chi connectivity index (χ1n) is 6.84. The minimum atomic E-state index is 0.0504. The Balaban J connectivity index is 2.74. The molecule has 19 heavy (non-hydrogen) atoms. The zero-order valence-corrected chi connectivity index (χ0v) is 12.6. The number of benzene rings is 1. The Labute approximate surface area is 117 Å². The van der Waals surface area contributed by atoms with Crippen LogP contribution in [0.5, 0.6) is 0 Å². The minimum Gasteiger partial charge on any atom is -0.384 e. The summed E-state index contributed by atoms with van der Waals surface area (Å²) in [5.41, 5.74) is 1.28. The van der Waals surface area contributed by atoms with Crippen molar-refractivity contribution in [2.45, 2.75) is 20.3 Å². The third kappa shape index (κ3) is 4.81. The zero-order chi connectivity index (χ0) is 14.1. The average Bonchev–Trinajstić information content (AvgIpc) is 2.40. The molecule has 0 unspecified atom stereocenters. The molecule has 0 saturated carbocycles. The molecule has 0 saturated heterocycles. The molecule has 2 nitrogen and oxygen atoms in total. The predicted octanol–water partition coefficient (Wildman–Crippen LogP) is 4.03. The van der Waals surface area contributed by atoms with Crippen molar-refractivity contribution in [3.8, 4) is 0 Å². The van der Waals surface area contributed by atoms with E-state index in [2.05, 4.69) is 50.3 Å². The highest BCUT2D eigenvalue weighted by Gasteiger charge is 2.32. The van der Waals surface area contributed by atoms with E-state index in [0.29, 0.717) is 5.92 Å². The van der Waals surface area contributed by atoms with Crippen LogP contribution in [0.3, 0.4) is 0 Å². The summed E-state index contributed by atoms with van der Waals surface area (Å²) in [4.78, 5) is 0. The van der Waals surface area contributed by atoms with Gasteiger partial charge in [0.1, 0.15) is 0 Å². The van der Waals surface area contributed by atoms with Gasteiger partial charge >= 0.3 is 0 Å². The summed E-state index contributed by atoms with van der Waals surface area (Å²) >= 11 is 0. The van der Waals surface area contributed by atoms with Crippen LogP contribution in [0.15, 0.2) is 36.4 Å². The van der Waals surface area contributed by atoms with Crippen molar-refractivity contribution in [3.63, 3.8) is 0 Å². The number of allylic oxidation sites excluding steroid dienone is 1. The van der Waals surface area contributed by atoms with Gasteiger partial charge in [0.05, 0.1) is 13.2 Å². The first-order valence-corrected chi connectivity index (χ1v) is 6.84. The maximum absolute atomic E-state index is 5.41. The Morgan fingerprint density at radius 2 is 1.63 bits per heavy atom. The Morgan fingerprint density at radius 3 is 2.11 bits per heavy atom. The summed E-state index contributed by atoms with van der Waals surface area (Å²) in [5, 5.41) is 0. The molecule has 0 aliphatic rings. The second-order valence-electron chi connectivity index (χ2n) is 5.40. The number of hydrogen-bond donors (Lipinski definition) is 0. The van der Waals surface area contributed by atoms with E-state index in [1.165, 1.54) is 5.56 Å². The molecule has 0 bridgehead atoms. The lowest BCUT2D eigenvalue weighted by Crippen LogP contribution is -2.36. The molecule has 0 fully saturated rings. The Hall–Kier alpha value is -1.12. The van der Waals surface area contributed by atoms with E-state index in [1.807, 2.05) is 6.07 Å². The monoisotopic (exact) mass is 262 g/mol. The third-order valence-electron chi connectivity index (χ3n) is 3.72. The standard InChI is InChI=1S/C17H26O2/c1-15(2)17(13-18-3,14-19-4)12-8-11-16-9-6-5-7-10-16/h5-11,15H,12-14H2,1-4H3/b11-8+. The predicted molar refractivity (Wildman–Crippen MR) is 81.1 cm³/mol. The van der Waals surface area contributed by atoms with Gasteiger partial charge in [0.15, 0.2) is 0 Å². The summed E-state index contributed by atoms with van der Waals surface area (Å²) in [6.07, 6.45) is 5.36. The smallest absolute Gasteiger partial charge is 0.0546 e. The molecular formula is C17H26O2. The van der Waals surface area contributed by atoms with Gasteiger partial charge in [-0.3, -0.25) is 0 Å². The molecule has 1 rings (SSSR count). The first kappa shape index (κ1) is 15.9. The molecule has 0 amide bonds. The van der Waals surface area contributed by atoms with Crippen LogP contribution in [-0.2, 0) is 9.47 Å². The van der Waals surface area contributed by atoms with Crippen molar-refractivity contribution in [2.75, 3.05) is 27.4 Å². The molecule has 0 N–H and O–H groups in total. The zero-order valence-electron chi connectivity index (χ0n) is 12.6. The third-order valence-corrected chi connectivity index (χ3v) is 3.72. The van der Waals surface area contributed by atoms with Gasteiger partial charge in [-0.15, -0.1) is 0 Å². The van der Waals surface area contributed by atoms with Crippen LogP contribution >= 0.6 is 0 Å². The fourth-order valence-electron chi connectivity index (χ4n) is 2.30.